The summed E-state index contributed by atoms with van der Waals surface area (Å²) in [4.78, 5) is 23.7. The van der Waals surface area contributed by atoms with Crippen LogP contribution in [0.3, 0.4) is 0 Å². The van der Waals surface area contributed by atoms with E-state index in [1.54, 1.807) is 6.07 Å². The van der Waals surface area contributed by atoms with Gasteiger partial charge in [0.05, 0.1) is 11.5 Å². The van der Waals surface area contributed by atoms with Crippen molar-refractivity contribution in [2.75, 3.05) is 11.4 Å². The summed E-state index contributed by atoms with van der Waals surface area (Å²) in [5.74, 6) is -2.79. The Hall–Kier alpha value is -2.42. The minimum atomic E-state index is -1.03. The molecular weight excluding hydrogens is 239 g/mol. The molecule has 5 nitrogen and oxygen atoms in total. The van der Waals surface area contributed by atoms with Gasteiger partial charge in [-0.3, -0.25) is 9.59 Å². The Morgan fingerprint density at radius 1 is 1.56 bits per heavy atom. The Morgan fingerprint density at radius 3 is 2.83 bits per heavy atom. The van der Waals surface area contributed by atoms with Crippen molar-refractivity contribution in [3.63, 3.8) is 0 Å². The van der Waals surface area contributed by atoms with E-state index in [4.69, 9.17) is 10.4 Å². The van der Waals surface area contributed by atoms with E-state index in [1.165, 1.54) is 17.0 Å². The molecule has 1 aromatic rings. The van der Waals surface area contributed by atoms with Crippen molar-refractivity contribution in [2.24, 2.45) is 5.92 Å². The second kappa shape index (κ2) is 4.45. The molecule has 0 spiro atoms. The van der Waals surface area contributed by atoms with Gasteiger partial charge in [-0.2, -0.15) is 5.26 Å². The number of anilines is 1. The summed E-state index contributed by atoms with van der Waals surface area (Å²) in [5, 5.41) is 17.6. The lowest BCUT2D eigenvalue weighted by molar-refractivity contribution is -0.141. The second-order valence-electron chi connectivity index (χ2n) is 4.02. The fourth-order valence-electron chi connectivity index (χ4n) is 1.89. The van der Waals surface area contributed by atoms with Crippen LogP contribution in [0.1, 0.15) is 12.0 Å². The third-order valence-electron chi connectivity index (χ3n) is 2.86. The van der Waals surface area contributed by atoms with E-state index in [9.17, 15) is 14.0 Å². The Morgan fingerprint density at radius 2 is 2.28 bits per heavy atom. The average Bonchev–Trinajstić information content (AvgIpc) is 2.72. The molecule has 1 aromatic carbocycles. The quantitative estimate of drug-likeness (QED) is 0.850. The standard InChI is InChI=1S/C12H9FN2O3/c13-10-2-1-9(3-7(10)5-14)15-6-8(12(17)18)4-11(15)16/h1-3,8H,4,6H2,(H,17,18). The Bertz CT molecular complexity index is 565. The molecule has 0 bridgehead atoms. The average molecular weight is 248 g/mol. The van der Waals surface area contributed by atoms with Crippen molar-refractivity contribution >= 4 is 17.6 Å². The van der Waals surface area contributed by atoms with Crippen LogP contribution in [0.2, 0.25) is 0 Å². The number of aliphatic carboxylic acids is 1. The summed E-state index contributed by atoms with van der Waals surface area (Å²) in [6, 6.07) is 5.38. The van der Waals surface area contributed by atoms with Gasteiger partial charge in [0.15, 0.2) is 0 Å². The first kappa shape index (κ1) is 12.0. The molecule has 0 radical (unpaired) electrons. The zero-order valence-corrected chi connectivity index (χ0v) is 9.26. The Balaban J connectivity index is 2.30. The predicted octanol–water partition coefficient (Wildman–Crippen LogP) is 1.13. The molecule has 1 heterocycles. The Labute approximate surface area is 102 Å². The van der Waals surface area contributed by atoms with Gasteiger partial charge in [0.1, 0.15) is 11.9 Å². The lowest BCUT2D eigenvalue weighted by atomic mass is 10.1. The zero-order chi connectivity index (χ0) is 13.3. The number of nitrogens with zero attached hydrogens (tertiary/aromatic N) is 2. The maximum atomic E-state index is 13.1. The van der Waals surface area contributed by atoms with E-state index < -0.39 is 17.7 Å². The maximum absolute atomic E-state index is 13.1. The summed E-state index contributed by atoms with van der Waals surface area (Å²) >= 11 is 0. The number of rotatable bonds is 2. The molecule has 1 aliphatic heterocycles. The lowest BCUT2D eigenvalue weighted by Crippen LogP contribution is -2.25. The number of nitriles is 1. The van der Waals surface area contributed by atoms with Crippen molar-refractivity contribution in [3.05, 3.63) is 29.6 Å². The molecule has 0 saturated carbocycles. The minimum absolute atomic E-state index is 0.0463. The van der Waals surface area contributed by atoms with Crippen LogP contribution >= 0.6 is 0 Å². The monoisotopic (exact) mass is 248 g/mol. The van der Waals surface area contributed by atoms with Gasteiger partial charge < -0.3 is 10.0 Å². The fourth-order valence-corrected chi connectivity index (χ4v) is 1.89. The molecule has 1 aliphatic rings. The summed E-state index contributed by atoms with van der Waals surface area (Å²) in [6.07, 6.45) is -0.0748. The van der Waals surface area contributed by atoms with Crippen LogP contribution in [-0.2, 0) is 9.59 Å². The zero-order valence-electron chi connectivity index (χ0n) is 9.26. The second-order valence-corrected chi connectivity index (χ2v) is 4.02. The third-order valence-corrected chi connectivity index (χ3v) is 2.86. The van der Waals surface area contributed by atoms with Crippen LogP contribution in [-0.4, -0.2) is 23.5 Å². The van der Waals surface area contributed by atoms with Crippen molar-refractivity contribution < 1.29 is 19.1 Å². The molecule has 1 saturated heterocycles. The van der Waals surface area contributed by atoms with Crippen molar-refractivity contribution in [2.45, 2.75) is 6.42 Å². The van der Waals surface area contributed by atoms with Crippen LogP contribution in [0.4, 0.5) is 10.1 Å². The molecule has 2 rings (SSSR count). The number of carboxylic acids is 1. The first-order valence-electron chi connectivity index (χ1n) is 5.25. The van der Waals surface area contributed by atoms with Crippen molar-refractivity contribution in [3.8, 4) is 6.07 Å². The van der Waals surface area contributed by atoms with Gasteiger partial charge in [-0.25, -0.2) is 4.39 Å². The van der Waals surface area contributed by atoms with Crippen LogP contribution in [0.25, 0.3) is 0 Å². The maximum Gasteiger partial charge on any atom is 0.308 e. The van der Waals surface area contributed by atoms with Crippen LogP contribution in [0, 0.1) is 23.1 Å². The summed E-state index contributed by atoms with van der Waals surface area (Å²) < 4.78 is 13.1. The predicted molar refractivity (Wildman–Crippen MR) is 59.2 cm³/mol. The highest BCUT2D eigenvalue weighted by Gasteiger charge is 2.35. The van der Waals surface area contributed by atoms with E-state index in [-0.39, 0.29) is 24.4 Å². The number of carbonyl (C=O) groups is 2. The van der Waals surface area contributed by atoms with Gasteiger partial charge in [0.25, 0.3) is 0 Å². The van der Waals surface area contributed by atoms with E-state index >= 15 is 0 Å². The van der Waals surface area contributed by atoms with Gasteiger partial charge >= 0.3 is 5.97 Å². The minimum Gasteiger partial charge on any atom is -0.481 e. The van der Waals surface area contributed by atoms with Gasteiger partial charge in [0, 0.05) is 18.7 Å². The highest BCUT2D eigenvalue weighted by atomic mass is 19.1. The first-order chi connectivity index (χ1) is 8.52. The largest absolute Gasteiger partial charge is 0.481 e. The van der Waals surface area contributed by atoms with Crippen LogP contribution < -0.4 is 4.90 Å². The van der Waals surface area contributed by atoms with Gasteiger partial charge in [-0.15, -0.1) is 0 Å². The van der Waals surface area contributed by atoms with E-state index in [2.05, 4.69) is 0 Å². The molecule has 1 fully saturated rings. The highest BCUT2D eigenvalue weighted by molar-refractivity contribution is 5.99. The van der Waals surface area contributed by atoms with Crippen molar-refractivity contribution in [1.29, 1.82) is 5.26 Å². The highest BCUT2D eigenvalue weighted by Crippen LogP contribution is 2.26. The molecule has 92 valence electrons. The molecule has 18 heavy (non-hydrogen) atoms. The molecule has 0 aromatic heterocycles. The SMILES string of the molecule is N#Cc1cc(N2CC(C(=O)O)CC2=O)ccc1F. The van der Waals surface area contributed by atoms with E-state index in [0.717, 1.165) is 6.07 Å². The van der Waals surface area contributed by atoms with Crippen molar-refractivity contribution in [1.82, 2.24) is 0 Å². The van der Waals surface area contributed by atoms with Gasteiger partial charge in [0.2, 0.25) is 5.91 Å². The molecule has 1 atom stereocenters. The number of halogens is 1. The number of benzene rings is 1. The number of hydrogen-bond acceptors (Lipinski definition) is 3. The third kappa shape index (κ3) is 2.02. The summed E-state index contributed by atoms with van der Waals surface area (Å²) in [5.41, 5.74) is 0.181. The first-order valence-corrected chi connectivity index (χ1v) is 5.25. The normalized spacial score (nSPS) is 18.8. The molecule has 0 aliphatic carbocycles. The molecular formula is C12H9FN2O3. The molecule has 1 unspecified atom stereocenters. The number of amides is 1. The summed E-state index contributed by atoms with van der Waals surface area (Å²) in [7, 11) is 0. The fraction of sp³-hybridized carbons (Fsp3) is 0.250. The van der Waals surface area contributed by atoms with Crippen LogP contribution in [0.15, 0.2) is 18.2 Å². The lowest BCUT2D eigenvalue weighted by Gasteiger charge is -2.16. The number of carbonyl (C=O) groups excluding carboxylic acids is 1. The molecule has 1 amide bonds. The number of carboxylic acid groups (broad SMARTS) is 1. The molecule has 6 heteroatoms. The molecule has 1 N–H and O–H groups in total. The van der Waals surface area contributed by atoms with Crippen LogP contribution in [0.5, 0.6) is 0 Å². The van der Waals surface area contributed by atoms with E-state index in [1.807, 2.05) is 0 Å². The Kier molecular flexibility index (Phi) is 2.98. The summed E-state index contributed by atoms with van der Waals surface area (Å²) in [6.45, 7) is 0.0463. The topological polar surface area (TPSA) is 81.4 Å². The van der Waals surface area contributed by atoms with Gasteiger partial charge in [-0.05, 0) is 18.2 Å². The van der Waals surface area contributed by atoms with E-state index in [0.29, 0.717) is 5.69 Å². The van der Waals surface area contributed by atoms with Gasteiger partial charge in [-0.1, -0.05) is 0 Å². The smallest absolute Gasteiger partial charge is 0.308 e. The number of hydrogen-bond donors (Lipinski definition) is 1.